The van der Waals surface area contributed by atoms with Crippen LogP contribution in [0.2, 0.25) is 5.02 Å². The number of amides is 2. The summed E-state index contributed by atoms with van der Waals surface area (Å²) < 4.78 is 0. The number of carbonyl (C=O) groups excluding carboxylic acids is 2. The van der Waals surface area contributed by atoms with Crippen molar-refractivity contribution < 1.29 is 19.5 Å². The first-order chi connectivity index (χ1) is 15.3. The molecule has 0 aliphatic carbocycles. The maximum Gasteiger partial charge on any atom is 0.326 e. The highest BCUT2D eigenvalue weighted by molar-refractivity contribution is 6.30. The van der Waals surface area contributed by atoms with Crippen LogP contribution in [0.15, 0.2) is 59.4 Å². The molecule has 0 saturated carbocycles. The Morgan fingerprint density at radius 3 is 2.38 bits per heavy atom. The van der Waals surface area contributed by atoms with Gasteiger partial charge >= 0.3 is 5.97 Å². The number of carbonyl (C=O) groups is 3. The third-order valence-electron chi connectivity index (χ3n) is 5.01. The number of aliphatic carboxylic acids is 1. The first-order valence-corrected chi connectivity index (χ1v) is 10.4. The number of aromatic nitrogens is 1. The lowest BCUT2D eigenvalue weighted by atomic mass is 10.00. The third kappa shape index (κ3) is 5.53. The Labute approximate surface area is 188 Å². The van der Waals surface area contributed by atoms with Crippen LogP contribution in [0.25, 0.3) is 10.9 Å². The minimum Gasteiger partial charge on any atom is -0.480 e. The smallest absolute Gasteiger partial charge is 0.326 e. The van der Waals surface area contributed by atoms with Gasteiger partial charge in [-0.3, -0.25) is 14.4 Å². The van der Waals surface area contributed by atoms with Gasteiger partial charge < -0.3 is 20.7 Å². The van der Waals surface area contributed by atoms with Gasteiger partial charge in [-0.2, -0.15) is 0 Å². The number of para-hydroxylation sites is 1. The number of H-pyrrole nitrogens is 1. The van der Waals surface area contributed by atoms with Crippen molar-refractivity contribution in [2.45, 2.75) is 31.8 Å². The third-order valence-corrected chi connectivity index (χ3v) is 5.26. The van der Waals surface area contributed by atoms with E-state index in [4.69, 9.17) is 11.6 Å². The minimum absolute atomic E-state index is 0.00828. The van der Waals surface area contributed by atoms with Crippen molar-refractivity contribution in [2.24, 2.45) is 0 Å². The molecule has 8 nitrogen and oxygen atoms in total. The van der Waals surface area contributed by atoms with Crippen LogP contribution in [0.1, 0.15) is 29.3 Å². The van der Waals surface area contributed by atoms with Crippen LogP contribution in [0.3, 0.4) is 0 Å². The maximum atomic E-state index is 13.0. The van der Waals surface area contributed by atoms with Gasteiger partial charge in [-0.15, -0.1) is 0 Å². The van der Waals surface area contributed by atoms with E-state index in [-0.39, 0.29) is 24.0 Å². The second kappa shape index (κ2) is 10.1. The topological polar surface area (TPSA) is 128 Å². The highest BCUT2D eigenvalue weighted by atomic mass is 35.5. The van der Waals surface area contributed by atoms with Crippen molar-refractivity contribution >= 4 is 40.3 Å². The molecule has 1 aromatic heterocycles. The molecule has 0 bridgehead atoms. The van der Waals surface area contributed by atoms with Crippen LogP contribution in [0.5, 0.6) is 0 Å². The summed E-state index contributed by atoms with van der Waals surface area (Å²) in [5, 5.41) is 15.6. The molecule has 32 heavy (non-hydrogen) atoms. The number of carboxylic acids is 1. The van der Waals surface area contributed by atoms with Gasteiger partial charge in [-0.05, 0) is 42.3 Å². The fourth-order valence-corrected chi connectivity index (χ4v) is 3.45. The van der Waals surface area contributed by atoms with Gasteiger partial charge in [0, 0.05) is 34.0 Å². The molecular formula is C23H22ClN3O5. The lowest BCUT2D eigenvalue weighted by molar-refractivity contribution is -0.142. The van der Waals surface area contributed by atoms with Crippen LogP contribution < -0.4 is 16.2 Å². The number of hydrogen-bond donors (Lipinski definition) is 4. The molecule has 2 atom stereocenters. The molecule has 0 radical (unpaired) electrons. The van der Waals surface area contributed by atoms with E-state index in [2.05, 4.69) is 15.6 Å². The Kier molecular flexibility index (Phi) is 7.27. The standard InChI is InChI=1S/C23H22ClN3O5/c1-2-17(23(31)32)26-22(30)19(27-21(29)13-7-9-15(24)10-8-13)11-14-12-20(28)25-18-6-4-3-5-16(14)18/h3-10,12,17,19H,2,11H2,1H3,(H,25,28)(H,26,30)(H,27,29)(H,31,32)/t17-,19-/m1/s1. The van der Waals surface area contributed by atoms with E-state index in [1.165, 1.54) is 18.2 Å². The van der Waals surface area contributed by atoms with Crippen molar-refractivity contribution in [1.29, 1.82) is 0 Å². The van der Waals surface area contributed by atoms with E-state index in [1.807, 2.05) is 0 Å². The predicted molar refractivity (Wildman–Crippen MR) is 121 cm³/mol. The summed E-state index contributed by atoms with van der Waals surface area (Å²) in [5.41, 5.74) is 1.08. The number of rotatable bonds is 8. The fraction of sp³-hybridized carbons (Fsp3) is 0.217. The van der Waals surface area contributed by atoms with E-state index in [9.17, 15) is 24.3 Å². The van der Waals surface area contributed by atoms with Crippen molar-refractivity contribution in [1.82, 2.24) is 15.6 Å². The van der Waals surface area contributed by atoms with E-state index in [0.29, 0.717) is 16.1 Å². The van der Waals surface area contributed by atoms with Gasteiger partial charge in [-0.25, -0.2) is 4.79 Å². The van der Waals surface area contributed by atoms with Gasteiger partial charge in [0.05, 0.1) is 0 Å². The zero-order valence-corrected chi connectivity index (χ0v) is 18.0. The summed E-state index contributed by atoms with van der Waals surface area (Å²) in [6.45, 7) is 1.63. The van der Waals surface area contributed by atoms with Gasteiger partial charge in [0.2, 0.25) is 11.5 Å². The normalized spacial score (nSPS) is 12.7. The SMILES string of the molecule is CC[C@@H](NC(=O)[C@@H](Cc1cc(=O)[nH]c2ccccc12)NC(=O)c1ccc(Cl)cc1)C(=O)O. The van der Waals surface area contributed by atoms with Crippen molar-refractivity contribution in [3.05, 3.63) is 81.1 Å². The number of hydrogen-bond acceptors (Lipinski definition) is 4. The summed E-state index contributed by atoms with van der Waals surface area (Å²) in [6, 6.07) is 12.4. The van der Waals surface area contributed by atoms with Gasteiger partial charge in [0.25, 0.3) is 5.91 Å². The number of nitrogens with one attached hydrogen (secondary N) is 3. The molecular weight excluding hydrogens is 434 g/mol. The average molecular weight is 456 g/mol. The highest BCUT2D eigenvalue weighted by Crippen LogP contribution is 2.17. The van der Waals surface area contributed by atoms with Crippen molar-refractivity contribution in [3.8, 4) is 0 Å². The number of carboxylic acid groups (broad SMARTS) is 1. The summed E-state index contributed by atoms with van der Waals surface area (Å²) in [7, 11) is 0. The molecule has 4 N–H and O–H groups in total. The van der Waals surface area contributed by atoms with E-state index >= 15 is 0 Å². The summed E-state index contributed by atoms with van der Waals surface area (Å²) in [6.07, 6.45) is 0.165. The predicted octanol–water partition coefficient (Wildman–Crippen LogP) is 2.50. The van der Waals surface area contributed by atoms with E-state index < -0.39 is 29.9 Å². The summed E-state index contributed by atoms with van der Waals surface area (Å²) >= 11 is 5.87. The summed E-state index contributed by atoms with van der Waals surface area (Å²) in [4.78, 5) is 51.9. The zero-order valence-electron chi connectivity index (χ0n) is 17.2. The number of pyridine rings is 1. The molecule has 3 rings (SSSR count). The van der Waals surface area contributed by atoms with Crippen LogP contribution >= 0.6 is 11.6 Å². The molecule has 0 unspecified atom stereocenters. The van der Waals surface area contributed by atoms with E-state index in [1.54, 1.807) is 43.3 Å². The van der Waals surface area contributed by atoms with Crippen LogP contribution in [0, 0.1) is 0 Å². The first kappa shape index (κ1) is 23.0. The zero-order chi connectivity index (χ0) is 23.3. The largest absolute Gasteiger partial charge is 0.480 e. The van der Waals surface area contributed by atoms with E-state index in [0.717, 1.165) is 5.39 Å². The van der Waals surface area contributed by atoms with Gasteiger partial charge in [-0.1, -0.05) is 36.7 Å². The Morgan fingerprint density at radius 2 is 1.72 bits per heavy atom. The maximum absolute atomic E-state index is 13.0. The van der Waals surface area contributed by atoms with Crippen LogP contribution in [-0.2, 0) is 16.0 Å². The Hall–Kier alpha value is -3.65. The monoisotopic (exact) mass is 455 g/mol. The fourth-order valence-electron chi connectivity index (χ4n) is 3.33. The van der Waals surface area contributed by atoms with Crippen LogP contribution in [0.4, 0.5) is 0 Å². The molecule has 2 aromatic carbocycles. The molecule has 0 aliphatic rings. The molecule has 3 aromatic rings. The molecule has 0 fully saturated rings. The average Bonchev–Trinajstić information content (AvgIpc) is 2.76. The molecule has 0 aliphatic heterocycles. The molecule has 1 heterocycles. The van der Waals surface area contributed by atoms with Gasteiger partial charge in [0.15, 0.2) is 0 Å². The number of aromatic amines is 1. The molecule has 0 spiro atoms. The van der Waals surface area contributed by atoms with Crippen molar-refractivity contribution in [2.75, 3.05) is 0 Å². The Bertz CT molecular complexity index is 1210. The van der Waals surface area contributed by atoms with Gasteiger partial charge in [0.1, 0.15) is 12.1 Å². The molecule has 0 saturated heterocycles. The second-order valence-electron chi connectivity index (χ2n) is 7.25. The number of halogens is 1. The summed E-state index contributed by atoms with van der Waals surface area (Å²) in [5.74, 6) is -2.37. The number of benzene rings is 2. The van der Waals surface area contributed by atoms with Crippen molar-refractivity contribution in [3.63, 3.8) is 0 Å². The lowest BCUT2D eigenvalue weighted by Crippen LogP contribution is -2.52. The molecule has 166 valence electrons. The lowest BCUT2D eigenvalue weighted by Gasteiger charge is -2.21. The second-order valence-corrected chi connectivity index (χ2v) is 7.69. The van der Waals surface area contributed by atoms with Crippen LogP contribution in [-0.4, -0.2) is 40.0 Å². The molecule has 2 amide bonds. The molecule has 9 heteroatoms. The Morgan fingerprint density at radius 1 is 1.03 bits per heavy atom. The quantitative estimate of drug-likeness (QED) is 0.415. The highest BCUT2D eigenvalue weighted by Gasteiger charge is 2.27. The number of fused-ring (bicyclic) bond motifs is 1. The Balaban J connectivity index is 1.94. The first-order valence-electron chi connectivity index (χ1n) is 9.99. The minimum atomic E-state index is -1.18.